The maximum atomic E-state index is 5.49. The third-order valence-corrected chi connectivity index (χ3v) is 3.34. The first-order valence-corrected chi connectivity index (χ1v) is 6.14. The van der Waals surface area contributed by atoms with Gasteiger partial charge in [-0.25, -0.2) is 0 Å². The zero-order chi connectivity index (χ0) is 11.7. The molecule has 1 heterocycles. The van der Waals surface area contributed by atoms with Gasteiger partial charge >= 0.3 is 0 Å². The second-order valence-corrected chi connectivity index (χ2v) is 4.55. The van der Waals surface area contributed by atoms with Gasteiger partial charge in [-0.2, -0.15) is 0 Å². The van der Waals surface area contributed by atoms with E-state index in [9.17, 15) is 0 Å². The molecule has 0 bridgehead atoms. The van der Waals surface area contributed by atoms with Crippen LogP contribution in [0, 0.1) is 0 Å². The van der Waals surface area contributed by atoms with E-state index in [1.165, 1.54) is 30.4 Å². The van der Waals surface area contributed by atoms with Crippen LogP contribution in [-0.4, -0.2) is 11.7 Å². The van der Waals surface area contributed by atoms with Crippen molar-refractivity contribution in [1.29, 1.82) is 0 Å². The molecular formula is C14H16N2O. The van der Waals surface area contributed by atoms with Gasteiger partial charge in [0.2, 0.25) is 0 Å². The van der Waals surface area contributed by atoms with E-state index in [2.05, 4.69) is 23.4 Å². The molecule has 17 heavy (non-hydrogen) atoms. The van der Waals surface area contributed by atoms with Crippen LogP contribution in [0.1, 0.15) is 23.3 Å². The highest BCUT2D eigenvalue weighted by Crippen LogP contribution is 2.27. The predicted molar refractivity (Wildman–Crippen MR) is 66.7 cm³/mol. The van der Waals surface area contributed by atoms with Gasteiger partial charge in [-0.1, -0.05) is 17.3 Å². The summed E-state index contributed by atoms with van der Waals surface area (Å²) in [5.41, 5.74) is 10.5. The van der Waals surface area contributed by atoms with Gasteiger partial charge in [0.1, 0.15) is 11.5 Å². The van der Waals surface area contributed by atoms with Gasteiger partial charge in [-0.15, -0.1) is 0 Å². The van der Waals surface area contributed by atoms with Crippen molar-refractivity contribution in [3.8, 4) is 11.3 Å². The van der Waals surface area contributed by atoms with E-state index in [4.69, 9.17) is 10.3 Å². The van der Waals surface area contributed by atoms with Crippen LogP contribution in [0.5, 0.6) is 0 Å². The molecule has 1 aromatic carbocycles. The lowest BCUT2D eigenvalue weighted by atomic mass is 10.0. The van der Waals surface area contributed by atoms with Gasteiger partial charge in [-0.3, -0.25) is 0 Å². The standard InChI is InChI=1S/C14H16N2O/c15-7-6-13-9-14(16-17-13)12-5-4-10-2-1-3-11(10)8-12/h4-5,8-9H,1-3,6-7,15H2. The lowest BCUT2D eigenvalue weighted by molar-refractivity contribution is 0.386. The van der Waals surface area contributed by atoms with Crippen LogP contribution in [0.3, 0.4) is 0 Å². The number of aromatic nitrogens is 1. The lowest BCUT2D eigenvalue weighted by Crippen LogP contribution is -2.01. The van der Waals surface area contributed by atoms with Gasteiger partial charge in [0.05, 0.1) is 0 Å². The summed E-state index contributed by atoms with van der Waals surface area (Å²) in [6.45, 7) is 0.596. The van der Waals surface area contributed by atoms with Gasteiger partial charge in [0, 0.05) is 18.1 Å². The number of fused-ring (bicyclic) bond motifs is 1. The van der Waals surface area contributed by atoms with E-state index in [1.54, 1.807) is 0 Å². The first-order valence-electron chi connectivity index (χ1n) is 6.14. The van der Waals surface area contributed by atoms with Crippen molar-refractivity contribution in [2.75, 3.05) is 6.54 Å². The first kappa shape index (κ1) is 10.5. The Labute approximate surface area is 101 Å². The minimum atomic E-state index is 0.596. The molecule has 0 atom stereocenters. The number of hydrogen-bond acceptors (Lipinski definition) is 3. The quantitative estimate of drug-likeness (QED) is 0.877. The molecule has 2 aromatic rings. The molecule has 0 saturated carbocycles. The van der Waals surface area contributed by atoms with Crippen molar-refractivity contribution in [1.82, 2.24) is 5.16 Å². The summed E-state index contributed by atoms with van der Waals surface area (Å²) >= 11 is 0. The zero-order valence-corrected chi connectivity index (χ0v) is 9.78. The zero-order valence-electron chi connectivity index (χ0n) is 9.78. The highest BCUT2D eigenvalue weighted by atomic mass is 16.5. The van der Waals surface area contributed by atoms with Crippen LogP contribution in [0.2, 0.25) is 0 Å². The first-order chi connectivity index (χ1) is 8.36. The van der Waals surface area contributed by atoms with E-state index in [0.29, 0.717) is 6.54 Å². The maximum absolute atomic E-state index is 5.49. The molecule has 0 unspecified atom stereocenters. The van der Waals surface area contributed by atoms with Gasteiger partial charge in [0.15, 0.2) is 0 Å². The molecule has 2 N–H and O–H groups in total. The van der Waals surface area contributed by atoms with Gasteiger partial charge in [-0.05, 0) is 43.0 Å². The largest absolute Gasteiger partial charge is 0.361 e. The summed E-state index contributed by atoms with van der Waals surface area (Å²) in [5, 5.41) is 4.10. The molecule has 1 aromatic heterocycles. The number of rotatable bonds is 3. The molecule has 0 aliphatic heterocycles. The number of hydrogen-bond donors (Lipinski definition) is 1. The van der Waals surface area contributed by atoms with Crippen molar-refractivity contribution < 1.29 is 4.52 Å². The van der Waals surface area contributed by atoms with E-state index >= 15 is 0 Å². The van der Waals surface area contributed by atoms with Crippen molar-refractivity contribution in [3.63, 3.8) is 0 Å². The second kappa shape index (κ2) is 4.34. The summed E-state index contributed by atoms with van der Waals surface area (Å²) in [4.78, 5) is 0. The molecule has 3 nitrogen and oxygen atoms in total. The number of benzene rings is 1. The van der Waals surface area contributed by atoms with Crippen LogP contribution in [-0.2, 0) is 19.3 Å². The number of nitrogens with zero attached hydrogens (tertiary/aromatic N) is 1. The monoisotopic (exact) mass is 228 g/mol. The summed E-state index contributed by atoms with van der Waals surface area (Å²) in [7, 11) is 0. The Balaban J connectivity index is 1.92. The number of aryl methyl sites for hydroxylation is 2. The van der Waals surface area contributed by atoms with E-state index in [1.807, 2.05) is 6.07 Å². The Hall–Kier alpha value is -1.61. The minimum absolute atomic E-state index is 0.596. The molecular weight excluding hydrogens is 212 g/mol. The molecule has 1 aliphatic rings. The average molecular weight is 228 g/mol. The molecule has 0 amide bonds. The fourth-order valence-corrected chi connectivity index (χ4v) is 2.44. The van der Waals surface area contributed by atoms with Gasteiger partial charge < -0.3 is 10.3 Å². The molecule has 3 heteroatoms. The highest BCUT2D eigenvalue weighted by Gasteiger charge is 2.13. The number of nitrogens with two attached hydrogens (primary N) is 1. The van der Waals surface area contributed by atoms with Crippen molar-refractivity contribution in [2.24, 2.45) is 5.73 Å². The molecule has 3 rings (SSSR count). The summed E-state index contributed by atoms with van der Waals surface area (Å²) in [5.74, 6) is 0.864. The smallest absolute Gasteiger partial charge is 0.138 e. The molecule has 88 valence electrons. The average Bonchev–Trinajstić information content (AvgIpc) is 2.96. The molecule has 0 saturated heterocycles. The van der Waals surface area contributed by atoms with Crippen LogP contribution >= 0.6 is 0 Å². The summed E-state index contributed by atoms with van der Waals surface area (Å²) in [6, 6.07) is 8.58. The maximum Gasteiger partial charge on any atom is 0.138 e. The Morgan fingerprint density at radius 2 is 2.06 bits per heavy atom. The van der Waals surface area contributed by atoms with Crippen LogP contribution in [0.15, 0.2) is 28.8 Å². The minimum Gasteiger partial charge on any atom is -0.361 e. The Morgan fingerprint density at radius 3 is 2.94 bits per heavy atom. The summed E-state index contributed by atoms with van der Waals surface area (Å²) in [6.07, 6.45) is 4.43. The van der Waals surface area contributed by atoms with Crippen LogP contribution < -0.4 is 5.73 Å². The van der Waals surface area contributed by atoms with Crippen molar-refractivity contribution >= 4 is 0 Å². The van der Waals surface area contributed by atoms with Gasteiger partial charge in [0.25, 0.3) is 0 Å². The SMILES string of the molecule is NCCc1cc(-c2ccc3c(c2)CCC3)no1. The topological polar surface area (TPSA) is 52.0 Å². The molecule has 1 aliphatic carbocycles. The molecule has 0 radical (unpaired) electrons. The third kappa shape index (κ3) is 1.98. The Morgan fingerprint density at radius 1 is 1.18 bits per heavy atom. The summed E-state index contributed by atoms with van der Waals surface area (Å²) < 4.78 is 5.25. The Bertz CT molecular complexity index is 531. The lowest BCUT2D eigenvalue weighted by Gasteiger charge is -2.01. The highest BCUT2D eigenvalue weighted by molar-refractivity contribution is 5.61. The molecule has 0 fully saturated rings. The van der Waals surface area contributed by atoms with E-state index in [-0.39, 0.29) is 0 Å². The van der Waals surface area contributed by atoms with E-state index < -0.39 is 0 Å². The van der Waals surface area contributed by atoms with Crippen molar-refractivity contribution in [3.05, 3.63) is 41.2 Å². The van der Waals surface area contributed by atoms with Crippen molar-refractivity contribution in [2.45, 2.75) is 25.7 Å². The Kier molecular flexibility index (Phi) is 2.69. The molecule has 0 spiro atoms. The normalized spacial score (nSPS) is 13.9. The van der Waals surface area contributed by atoms with E-state index in [0.717, 1.165) is 23.4 Å². The fourth-order valence-electron chi connectivity index (χ4n) is 2.44. The predicted octanol–water partition coefficient (Wildman–Crippen LogP) is 2.33. The second-order valence-electron chi connectivity index (χ2n) is 4.55. The fraction of sp³-hybridized carbons (Fsp3) is 0.357. The van der Waals surface area contributed by atoms with Crippen LogP contribution in [0.4, 0.5) is 0 Å². The van der Waals surface area contributed by atoms with Crippen LogP contribution in [0.25, 0.3) is 11.3 Å². The third-order valence-electron chi connectivity index (χ3n) is 3.34.